The third-order valence-electron chi connectivity index (χ3n) is 1.69. The molecule has 0 bridgehead atoms. The lowest BCUT2D eigenvalue weighted by molar-refractivity contribution is -0.110. The maximum absolute atomic E-state index is 11.5. The number of aliphatic hydroxyl groups is 1. The predicted molar refractivity (Wildman–Crippen MR) is 102 cm³/mol. The summed E-state index contributed by atoms with van der Waals surface area (Å²) in [6.07, 6.45) is 0.682. The van der Waals surface area contributed by atoms with Gasteiger partial charge in [0, 0.05) is 38.3 Å². The van der Waals surface area contributed by atoms with Crippen LogP contribution >= 0.6 is 70.6 Å². The van der Waals surface area contributed by atoms with E-state index in [1.807, 2.05) is 35.3 Å². The second-order valence-electron chi connectivity index (χ2n) is 3.18. The normalized spacial score (nSPS) is 10.8. The van der Waals surface area contributed by atoms with Crippen LogP contribution < -0.4 is 0 Å². The van der Waals surface area contributed by atoms with Gasteiger partial charge in [0.1, 0.15) is 0 Å². The van der Waals surface area contributed by atoms with Gasteiger partial charge in [-0.3, -0.25) is 4.79 Å². The van der Waals surface area contributed by atoms with Crippen molar-refractivity contribution in [2.45, 2.75) is 13.3 Å². The first-order chi connectivity index (χ1) is 9.31. The minimum atomic E-state index is 0.239. The van der Waals surface area contributed by atoms with Crippen molar-refractivity contribution in [1.82, 2.24) is 0 Å². The SMILES string of the molecule is CCSCSCSCCC(=O)SCSCSCCO. The highest BCUT2D eigenvalue weighted by molar-refractivity contribution is 8.27. The molecule has 1 N–H and O–H groups in total. The Kier molecular flexibility index (Phi) is 19.4. The molecular formula is C11H22O2S6. The van der Waals surface area contributed by atoms with E-state index in [1.165, 1.54) is 17.5 Å². The highest BCUT2D eigenvalue weighted by atomic mass is 32.2. The van der Waals surface area contributed by atoms with E-state index in [2.05, 4.69) is 6.92 Å². The minimum Gasteiger partial charge on any atom is -0.396 e. The van der Waals surface area contributed by atoms with Crippen LogP contribution in [-0.2, 0) is 4.79 Å². The van der Waals surface area contributed by atoms with Gasteiger partial charge >= 0.3 is 0 Å². The number of thioether (sulfide) groups is 6. The average Bonchev–Trinajstić information content (AvgIpc) is 2.41. The van der Waals surface area contributed by atoms with Gasteiger partial charge < -0.3 is 5.11 Å². The molecule has 0 spiro atoms. The molecule has 0 aliphatic rings. The Hall–Kier alpha value is 1.73. The molecule has 0 aliphatic heterocycles. The average molecular weight is 379 g/mol. The summed E-state index contributed by atoms with van der Waals surface area (Å²) in [7, 11) is 0. The Morgan fingerprint density at radius 3 is 2.21 bits per heavy atom. The zero-order valence-corrected chi connectivity index (χ0v) is 16.1. The minimum absolute atomic E-state index is 0.239. The lowest BCUT2D eigenvalue weighted by atomic mass is 10.5. The zero-order valence-electron chi connectivity index (χ0n) is 11.2. The van der Waals surface area contributed by atoms with E-state index in [4.69, 9.17) is 5.11 Å². The van der Waals surface area contributed by atoms with Crippen LogP contribution in [0.4, 0.5) is 0 Å². The van der Waals surface area contributed by atoms with Crippen LogP contribution in [0.5, 0.6) is 0 Å². The smallest absolute Gasteiger partial charge is 0.190 e. The van der Waals surface area contributed by atoms with Crippen LogP contribution in [0.3, 0.4) is 0 Å². The number of hydrogen-bond donors (Lipinski definition) is 1. The molecule has 0 radical (unpaired) electrons. The molecule has 0 amide bonds. The Morgan fingerprint density at radius 2 is 1.53 bits per heavy atom. The Balaban J connectivity index is 3.13. The fourth-order valence-corrected chi connectivity index (χ4v) is 7.33. The lowest BCUT2D eigenvalue weighted by Gasteiger charge is -2.02. The molecule has 0 aromatic carbocycles. The van der Waals surface area contributed by atoms with Crippen LogP contribution in [-0.4, -0.2) is 54.4 Å². The summed E-state index contributed by atoms with van der Waals surface area (Å²) in [4.78, 5) is 11.5. The van der Waals surface area contributed by atoms with Gasteiger partial charge in [-0.1, -0.05) is 18.7 Å². The molecule has 0 saturated heterocycles. The number of rotatable bonds is 14. The van der Waals surface area contributed by atoms with Gasteiger partial charge in [0.25, 0.3) is 0 Å². The second-order valence-corrected chi connectivity index (χ2v) is 11.1. The zero-order chi connectivity index (χ0) is 14.2. The third kappa shape index (κ3) is 17.7. The summed E-state index contributed by atoms with van der Waals surface area (Å²) in [6, 6.07) is 0. The summed E-state index contributed by atoms with van der Waals surface area (Å²) < 4.78 is 0. The monoisotopic (exact) mass is 378 g/mol. The molecule has 0 fully saturated rings. The van der Waals surface area contributed by atoms with Crippen LogP contribution in [0.25, 0.3) is 0 Å². The number of aliphatic hydroxyl groups excluding tert-OH is 1. The van der Waals surface area contributed by atoms with Gasteiger partial charge in [0.2, 0.25) is 0 Å². The van der Waals surface area contributed by atoms with Crippen molar-refractivity contribution in [2.75, 3.05) is 44.2 Å². The van der Waals surface area contributed by atoms with E-state index in [0.717, 1.165) is 31.8 Å². The van der Waals surface area contributed by atoms with Gasteiger partial charge in [-0.25, -0.2) is 0 Å². The Morgan fingerprint density at radius 1 is 0.895 bits per heavy atom. The van der Waals surface area contributed by atoms with Crippen molar-refractivity contribution in [2.24, 2.45) is 0 Å². The van der Waals surface area contributed by atoms with Gasteiger partial charge in [-0.05, 0) is 5.75 Å². The quantitative estimate of drug-likeness (QED) is 0.357. The molecule has 0 unspecified atom stereocenters. The maximum Gasteiger partial charge on any atom is 0.190 e. The summed E-state index contributed by atoms with van der Waals surface area (Å²) in [6.45, 7) is 2.41. The topological polar surface area (TPSA) is 37.3 Å². The first-order valence-corrected chi connectivity index (χ1v) is 12.7. The van der Waals surface area contributed by atoms with E-state index >= 15 is 0 Å². The van der Waals surface area contributed by atoms with Gasteiger partial charge in [0.05, 0.1) is 6.61 Å². The van der Waals surface area contributed by atoms with Crippen molar-refractivity contribution in [1.29, 1.82) is 0 Å². The molecule has 0 rings (SSSR count). The molecule has 19 heavy (non-hydrogen) atoms. The standard InChI is InChI=1S/C11H22O2S6/c1-2-14-7-17-8-15-5-3-11(13)19-10-18-9-16-6-4-12/h12H,2-10H2,1H3. The molecule has 0 aromatic heterocycles. The van der Waals surface area contributed by atoms with Crippen LogP contribution in [0.15, 0.2) is 0 Å². The highest BCUT2D eigenvalue weighted by Gasteiger charge is 2.02. The van der Waals surface area contributed by atoms with E-state index in [9.17, 15) is 4.79 Å². The highest BCUT2D eigenvalue weighted by Crippen LogP contribution is 2.21. The summed E-state index contributed by atoms with van der Waals surface area (Å²) in [5.41, 5.74) is 0. The van der Waals surface area contributed by atoms with E-state index in [-0.39, 0.29) is 6.61 Å². The first kappa shape index (κ1) is 20.7. The largest absolute Gasteiger partial charge is 0.396 e. The van der Waals surface area contributed by atoms with Crippen molar-refractivity contribution < 1.29 is 9.90 Å². The second kappa shape index (κ2) is 17.8. The van der Waals surface area contributed by atoms with Gasteiger partial charge in [-0.15, -0.1) is 35.3 Å². The van der Waals surface area contributed by atoms with Crippen LogP contribution in [0, 0.1) is 0 Å². The molecule has 0 atom stereocenters. The maximum atomic E-state index is 11.5. The summed E-state index contributed by atoms with van der Waals surface area (Å²) >= 11 is 10.6. The first-order valence-electron chi connectivity index (χ1n) is 5.96. The van der Waals surface area contributed by atoms with Crippen molar-refractivity contribution in [3.63, 3.8) is 0 Å². The van der Waals surface area contributed by atoms with Crippen LogP contribution in [0.1, 0.15) is 13.3 Å². The molecule has 8 heteroatoms. The molecule has 114 valence electrons. The molecule has 0 aliphatic carbocycles. The number of hydrogen-bond acceptors (Lipinski definition) is 8. The van der Waals surface area contributed by atoms with Crippen molar-refractivity contribution in [3.05, 3.63) is 0 Å². The molecule has 0 aromatic rings. The van der Waals surface area contributed by atoms with E-state index in [0.29, 0.717) is 11.5 Å². The molecular weight excluding hydrogens is 357 g/mol. The molecule has 0 heterocycles. The fourth-order valence-electron chi connectivity index (χ4n) is 0.846. The van der Waals surface area contributed by atoms with Gasteiger partial charge in [0.15, 0.2) is 5.12 Å². The predicted octanol–water partition coefficient (Wildman–Crippen LogP) is 4.14. The van der Waals surface area contributed by atoms with Crippen molar-refractivity contribution in [3.8, 4) is 0 Å². The van der Waals surface area contributed by atoms with Gasteiger partial charge in [-0.2, -0.15) is 23.5 Å². The molecule has 0 saturated carbocycles. The Bertz CT molecular complexity index is 206. The number of carbonyl (C=O) groups excluding carboxylic acids is 1. The fraction of sp³-hybridized carbons (Fsp3) is 0.909. The lowest BCUT2D eigenvalue weighted by Crippen LogP contribution is -1.95. The van der Waals surface area contributed by atoms with E-state index in [1.54, 1.807) is 23.5 Å². The molecule has 2 nitrogen and oxygen atoms in total. The third-order valence-corrected chi connectivity index (χ3v) is 8.73. The summed E-state index contributed by atoms with van der Waals surface area (Å²) in [5.74, 6) is 2.91. The summed E-state index contributed by atoms with van der Waals surface area (Å²) in [5, 5.41) is 13.0. The van der Waals surface area contributed by atoms with Crippen molar-refractivity contribution >= 4 is 75.7 Å². The van der Waals surface area contributed by atoms with E-state index < -0.39 is 0 Å². The number of carbonyl (C=O) groups is 1. The Labute approximate surface area is 142 Å². The van der Waals surface area contributed by atoms with Crippen LogP contribution in [0.2, 0.25) is 0 Å².